The van der Waals surface area contributed by atoms with Gasteiger partial charge in [-0.25, -0.2) is 0 Å². The highest BCUT2D eigenvalue weighted by Gasteiger charge is 2.32. The summed E-state index contributed by atoms with van der Waals surface area (Å²) in [7, 11) is -1.04. The zero-order valence-corrected chi connectivity index (χ0v) is 17.5. The molecule has 1 aliphatic heterocycles. The van der Waals surface area contributed by atoms with Crippen LogP contribution in [0, 0.1) is 5.92 Å². The van der Waals surface area contributed by atoms with E-state index in [1.807, 2.05) is 42.2 Å². The number of amides is 1. The predicted molar refractivity (Wildman–Crippen MR) is 114 cm³/mol. The summed E-state index contributed by atoms with van der Waals surface area (Å²) in [6, 6.07) is 9.73. The molecule has 1 saturated heterocycles. The molecule has 3 rings (SSSR count). The third kappa shape index (κ3) is 5.80. The van der Waals surface area contributed by atoms with Crippen LogP contribution < -0.4 is 10.6 Å². The molecule has 1 amide bonds. The Balaban J connectivity index is 1.48. The summed E-state index contributed by atoms with van der Waals surface area (Å²) in [5, 5.41) is 6.71. The topological polar surface area (TPSA) is 73.8 Å². The van der Waals surface area contributed by atoms with Crippen molar-refractivity contribution in [1.29, 1.82) is 0 Å². The van der Waals surface area contributed by atoms with Gasteiger partial charge in [0.25, 0.3) is 0 Å². The van der Waals surface area contributed by atoms with Crippen LogP contribution in [0.15, 0.2) is 40.2 Å². The van der Waals surface area contributed by atoms with Gasteiger partial charge < -0.3 is 15.5 Å². The number of carbonyl (C=O) groups excluding carboxylic acids is 1. The molecule has 2 atom stereocenters. The van der Waals surface area contributed by atoms with Gasteiger partial charge in [-0.1, -0.05) is 31.0 Å². The lowest BCUT2D eigenvalue weighted by molar-refractivity contribution is -0.134. The summed E-state index contributed by atoms with van der Waals surface area (Å²) >= 11 is 0. The number of hydrogen-bond donors (Lipinski definition) is 2. The van der Waals surface area contributed by atoms with Gasteiger partial charge in [0, 0.05) is 42.2 Å². The van der Waals surface area contributed by atoms with Crippen molar-refractivity contribution in [3.8, 4) is 0 Å². The Morgan fingerprint density at radius 2 is 1.96 bits per heavy atom. The number of benzene rings is 1. The van der Waals surface area contributed by atoms with E-state index in [1.165, 1.54) is 12.8 Å². The van der Waals surface area contributed by atoms with Crippen LogP contribution in [-0.2, 0) is 15.6 Å². The van der Waals surface area contributed by atoms with Gasteiger partial charge in [0.15, 0.2) is 5.96 Å². The van der Waals surface area contributed by atoms with Crippen molar-refractivity contribution in [2.45, 2.75) is 50.0 Å². The molecule has 2 unspecified atom stereocenters. The summed E-state index contributed by atoms with van der Waals surface area (Å²) in [5.41, 5.74) is 0. The molecule has 2 N–H and O–H groups in total. The predicted octanol–water partition coefficient (Wildman–Crippen LogP) is 2.14. The Kier molecular flexibility index (Phi) is 7.89. The van der Waals surface area contributed by atoms with E-state index in [4.69, 9.17) is 0 Å². The van der Waals surface area contributed by atoms with Crippen molar-refractivity contribution in [1.82, 2.24) is 15.5 Å². The number of rotatable bonds is 7. The van der Waals surface area contributed by atoms with E-state index < -0.39 is 10.8 Å². The van der Waals surface area contributed by atoms with Gasteiger partial charge in [0.1, 0.15) is 0 Å². The monoisotopic (exact) mass is 404 g/mol. The number of carbonyl (C=O) groups is 1. The average molecular weight is 405 g/mol. The first-order chi connectivity index (χ1) is 13.7. The first kappa shape index (κ1) is 20.8. The fraction of sp³-hybridized carbons (Fsp3) is 0.619. The number of likely N-dealkylation sites (tertiary alicyclic amines) is 1. The van der Waals surface area contributed by atoms with E-state index in [0.29, 0.717) is 18.2 Å². The molecule has 1 aromatic carbocycles. The average Bonchev–Trinajstić information content (AvgIpc) is 3.40. The molecule has 2 fully saturated rings. The lowest BCUT2D eigenvalue weighted by Gasteiger charge is -2.21. The molecular formula is C21H32N4O2S. The highest BCUT2D eigenvalue weighted by molar-refractivity contribution is 7.85. The number of hydrogen-bond acceptors (Lipinski definition) is 3. The molecule has 0 aromatic heterocycles. The van der Waals surface area contributed by atoms with Crippen molar-refractivity contribution >= 4 is 22.7 Å². The lowest BCUT2D eigenvalue weighted by atomic mass is 10.1. The van der Waals surface area contributed by atoms with E-state index in [0.717, 1.165) is 49.8 Å². The SMILES string of the molecule is CCNC(=NCCS(=O)c1ccccc1)NC1CCN(C(=O)C2CCCC2)C1. The number of guanidine groups is 1. The highest BCUT2D eigenvalue weighted by Crippen LogP contribution is 2.27. The van der Waals surface area contributed by atoms with Crippen LogP contribution in [0.1, 0.15) is 39.0 Å². The molecular weight excluding hydrogens is 372 g/mol. The molecule has 1 aliphatic carbocycles. The number of nitrogens with one attached hydrogen (secondary N) is 2. The molecule has 1 aromatic rings. The van der Waals surface area contributed by atoms with Gasteiger partial charge in [-0.15, -0.1) is 0 Å². The van der Waals surface area contributed by atoms with Gasteiger partial charge in [0.05, 0.1) is 17.3 Å². The summed E-state index contributed by atoms with van der Waals surface area (Å²) in [6.07, 6.45) is 5.42. The molecule has 0 radical (unpaired) electrons. The molecule has 154 valence electrons. The van der Waals surface area contributed by atoms with E-state index in [2.05, 4.69) is 15.6 Å². The molecule has 0 spiro atoms. The van der Waals surface area contributed by atoms with Crippen molar-refractivity contribution in [2.24, 2.45) is 10.9 Å². The Morgan fingerprint density at radius 3 is 2.68 bits per heavy atom. The number of aliphatic imine (C=N–C) groups is 1. The van der Waals surface area contributed by atoms with Gasteiger partial charge in [-0.05, 0) is 38.3 Å². The molecule has 0 bridgehead atoms. The van der Waals surface area contributed by atoms with Crippen LogP contribution in [0.3, 0.4) is 0 Å². The maximum Gasteiger partial charge on any atom is 0.225 e. The van der Waals surface area contributed by atoms with Gasteiger partial charge in [-0.2, -0.15) is 0 Å². The fourth-order valence-electron chi connectivity index (χ4n) is 3.95. The van der Waals surface area contributed by atoms with Crippen LogP contribution in [0.5, 0.6) is 0 Å². The smallest absolute Gasteiger partial charge is 0.225 e. The van der Waals surface area contributed by atoms with Crippen molar-refractivity contribution in [3.05, 3.63) is 30.3 Å². The summed E-state index contributed by atoms with van der Waals surface area (Å²) in [6.45, 7) is 4.86. The molecule has 6 nitrogen and oxygen atoms in total. The maximum atomic E-state index is 12.6. The summed E-state index contributed by atoms with van der Waals surface area (Å²) in [4.78, 5) is 20.0. The highest BCUT2D eigenvalue weighted by atomic mass is 32.2. The van der Waals surface area contributed by atoms with E-state index >= 15 is 0 Å². The maximum absolute atomic E-state index is 12.6. The summed E-state index contributed by atoms with van der Waals surface area (Å²) in [5.74, 6) is 1.82. The zero-order valence-electron chi connectivity index (χ0n) is 16.7. The second-order valence-corrected chi connectivity index (χ2v) is 9.09. The third-order valence-electron chi connectivity index (χ3n) is 5.44. The molecule has 2 aliphatic rings. The second kappa shape index (κ2) is 10.6. The minimum absolute atomic E-state index is 0.225. The van der Waals surface area contributed by atoms with Crippen molar-refractivity contribution in [3.63, 3.8) is 0 Å². The fourth-order valence-corrected chi connectivity index (χ4v) is 4.91. The van der Waals surface area contributed by atoms with Crippen LogP contribution in [0.25, 0.3) is 0 Å². The molecule has 1 saturated carbocycles. The zero-order chi connectivity index (χ0) is 19.8. The standard InChI is InChI=1S/C21H32N4O2S/c1-2-22-21(23-13-15-28(27)19-10-4-3-5-11-19)24-18-12-14-25(16-18)20(26)17-8-6-7-9-17/h3-5,10-11,17-18H,2,6-9,12-16H2,1H3,(H2,22,23,24). The Labute approximate surface area is 170 Å². The van der Waals surface area contributed by atoms with Crippen molar-refractivity contribution < 1.29 is 9.00 Å². The largest absolute Gasteiger partial charge is 0.357 e. The van der Waals surface area contributed by atoms with E-state index in [-0.39, 0.29) is 12.0 Å². The van der Waals surface area contributed by atoms with Crippen LogP contribution >= 0.6 is 0 Å². The second-order valence-electron chi connectivity index (χ2n) is 7.52. The lowest BCUT2D eigenvalue weighted by Crippen LogP contribution is -2.45. The van der Waals surface area contributed by atoms with Gasteiger partial charge in [0.2, 0.25) is 5.91 Å². The minimum Gasteiger partial charge on any atom is -0.357 e. The Hall–Kier alpha value is -1.89. The first-order valence-electron chi connectivity index (χ1n) is 10.4. The molecule has 1 heterocycles. The van der Waals surface area contributed by atoms with E-state index in [9.17, 15) is 9.00 Å². The number of nitrogens with zero attached hydrogens (tertiary/aromatic N) is 2. The van der Waals surface area contributed by atoms with Crippen LogP contribution in [0.2, 0.25) is 0 Å². The quantitative estimate of drug-likeness (QED) is 0.539. The van der Waals surface area contributed by atoms with E-state index in [1.54, 1.807) is 0 Å². The Morgan fingerprint density at radius 1 is 1.21 bits per heavy atom. The molecule has 28 heavy (non-hydrogen) atoms. The van der Waals surface area contributed by atoms with Gasteiger partial charge >= 0.3 is 0 Å². The molecule has 7 heteroatoms. The third-order valence-corrected chi connectivity index (χ3v) is 6.79. The normalized spacial score (nSPS) is 21.7. The van der Waals surface area contributed by atoms with Crippen molar-refractivity contribution in [2.75, 3.05) is 31.9 Å². The Bertz CT molecular complexity index is 689. The summed E-state index contributed by atoms with van der Waals surface area (Å²) < 4.78 is 12.3. The van der Waals surface area contributed by atoms with Gasteiger partial charge in [-0.3, -0.25) is 14.0 Å². The van der Waals surface area contributed by atoms with Crippen LogP contribution in [0.4, 0.5) is 0 Å². The first-order valence-corrected chi connectivity index (χ1v) is 11.8. The van der Waals surface area contributed by atoms with Crippen LogP contribution in [-0.4, -0.2) is 58.9 Å². The minimum atomic E-state index is -1.04.